The predicted octanol–water partition coefficient (Wildman–Crippen LogP) is 4.68. The topological polar surface area (TPSA) is 35.5 Å². The fraction of sp³-hybridized carbons (Fsp3) is 0.727. The second-order valence-corrected chi connectivity index (χ2v) is 10.1. The van der Waals surface area contributed by atoms with Gasteiger partial charge < -0.3 is 15.3 Å². The van der Waals surface area contributed by atoms with Crippen LogP contribution in [0.4, 0.5) is 5.69 Å². The van der Waals surface area contributed by atoms with Crippen LogP contribution in [0.1, 0.15) is 70.9 Å². The molecule has 4 rings (SSSR count). The molecule has 2 aliphatic carbocycles. The molecule has 0 amide bonds. The van der Waals surface area contributed by atoms with E-state index >= 15 is 0 Å². The number of likely N-dealkylation sites (N-methyl/N-ethyl adjacent to an activating group) is 1. The first-order chi connectivity index (χ1) is 11.7. The minimum atomic E-state index is -0.0509. The van der Waals surface area contributed by atoms with Crippen LogP contribution in [-0.4, -0.2) is 35.2 Å². The van der Waals surface area contributed by atoms with Crippen LogP contribution in [0.3, 0.4) is 0 Å². The van der Waals surface area contributed by atoms with Gasteiger partial charge in [0.2, 0.25) is 0 Å². The molecule has 1 saturated carbocycles. The lowest BCUT2D eigenvalue weighted by atomic mass is 9.45. The molecule has 1 aromatic carbocycles. The number of benzene rings is 1. The van der Waals surface area contributed by atoms with Crippen molar-refractivity contribution in [3.8, 4) is 5.75 Å². The van der Waals surface area contributed by atoms with Crippen molar-refractivity contribution in [1.29, 1.82) is 0 Å². The number of aromatic hydroxyl groups is 1. The monoisotopic (exact) mass is 342 g/mol. The Bertz CT molecular complexity index is 692. The van der Waals surface area contributed by atoms with Crippen LogP contribution in [0.2, 0.25) is 0 Å². The highest BCUT2D eigenvalue weighted by atomic mass is 16.3. The van der Waals surface area contributed by atoms with Gasteiger partial charge in [0.25, 0.3) is 0 Å². The molecule has 1 heterocycles. The summed E-state index contributed by atoms with van der Waals surface area (Å²) in [7, 11) is 2.31. The molecular formula is C22H34N2O. The maximum Gasteiger partial charge on any atom is 0.138 e. The van der Waals surface area contributed by atoms with E-state index in [9.17, 15) is 5.11 Å². The standard InChI is InChI=1S/C22H34N2O/c1-20(2,3)23-17-12-15-13-19-21(4)8-6-7-9-22(21,10-11-24(19)5)16(15)14-18(17)25/h12,14,19,23,25H,6-11,13H2,1-5H3/t19-,21+,22+/m0/s1. The van der Waals surface area contributed by atoms with Gasteiger partial charge in [-0.15, -0.1) is 0 Å². The Labute approximate surface area is 152 Å². The van der Waals surface area contributed by atoms with E-state index in [-0.39, 0.29) is 11.0 Å². The van der Waals surface area contributed by atoms with Gasteiger partial charge in [0.05, 0.1) is 5.69 Å². The summed E-state index contributed by atoms with van der Waals surface area (Å²) in [5, 5.41) is 14.3. The summed E-state index contributed by atoms with van der Waals surface area (Å²) >= 11 is 0. The van der Waals surface area contributed by atoms with E-state index in [0.29, 0.717) is 17.2 Å². The van der Waals surface area contributed by atoms with Gasteiger partial charge in [0, 0.05) is 17.0 Å². The van der Waals surface area contributed by atoms with Gasteiger partial charge in [-0.1, -0.05) is 19.8 Å². The Morgan fingerprint density at radius 3 is 2.60 bits per heavy atom. The van der Waals surface area contributed by atoms with Crippen molar-refractivity contribution in [3.05, 3.63) is 23.3 Å². The quantitative estimate of drug-likeness (QED) is 0.727. The maximum absolute atomic E-state index is 10.8. The molecule has 0 radical (unpaired) electrons. The second kappa shape index (κ2) is 5.39. The predicted molar refractivity (Wildman–Crippen MR) is 104 cm³/mol. The molecular weight excluding hydrogens is 308 g/mol. The molecule has 2 fully saturated rings. The fourth-order valence-electron chi connectivity index (χ4n) is 6.27. The average Bonchev–Trinajstić information content (AvgIpc) is 2.51. The first-order valence-electron chi connectivity index (χ1n) is 10.0. The van der Waals surface area contributed by atoms with E-state index in [0.717, 1.165) is 12.1 Å². The van der Waals surface area contributed by atoms with Crippen LogP contribution in [0.5, 0.6) is 5.75 Å². The largest absolute Gasteiger partial charge is 0.506 e. The third kappa shape index (κ3) is 2.42. The van der Waals surface area contributed by atoms with E-state index in [2.05, 4.69) is 57.1 Å². The number of likely N-dealkylation sites (tertiary alicyclic amines) is 1. The van der Waals surface area contributed by atoms with Gasteiger partial charge in [0.1, 0.15) is 5.75 Å². The normalized spacial score (nSPS) is 35.0. The lowest BCUT2D eigenvalue weighted by molar-refractivity contribution is -0.0735. The van der Waals surface area contributed by atoms with Crippen LogP contribution >= 0.6 is 0 Å². The molecule has 138 valence electrons. The van der Waals surface area contributed by atoms with Crippen molar-refractivity contribution in [3.63, 3.8) is 0 Å². The van der Waals surface area contributed by atoms with Crippen molar-refractivity contribution >= 4 is 5.69 Å². The Morgan fingerprint density at radius 2 is 1.88 bits per heavy atom. The minimum Gasteiger partial charge on any atom is -0.506 e. The summed E-state index contributed by atoms with van der Waals surface area (Å²) in [6, 6.07) is 4.99. The molecule has 0 unspecified atom stereocenters. The van der Waals surface area contributed by atoms with Gasteiger partial charge in [0.15, 0.2) is 0 Å². The molecule has 2 bridgehead atoms. The van der Waals surface area contributed by atoms with Gasteiger partial charge in [-0.25, -0.2) is 0 Å². The first-order valence-corrected chi connectivity index (χ1v) is 10.0. The van der Waals surface area contributed by atoms with Crippen molar-refractivity contribution in [1.82, 2.24) is 4.90 Å². The number of rotatable bonds is 1. The van der Waals surface area contributed by atoms with E-state index in [1.54, 1.807) is 0 Å². The summed E-state index contributed by atoms with van der Waals surface area (Å²) in [5.41, 5.74) is 4.36. The van der Waals surface area contributed by atoms with Gasteiger partial charge in [-0.2, -0.15) is 0 Å². The van der Waals surface area contributed by atoms with E-state index in [4.69, 9.17) is 0 Å². The van der Waals surface area contributed by atoms with Crippen LogP contribution in [-0.2, 0) is 11.8 Å². The third-order valence-corrected chi connectivity index (χ3v) is 7.46. The number of anilines is 1. The van der Waals surface area contributed by atoms with Crippen LogP contribution in [0, 0.1) is 5.41 Å². The van der Waals surface area contributed by atoms with Gasteiger partial charge in [-0.3, -0.25) is 0 Å². The highest BCUT2D eigenvalue weighted by Crippen LogP contribution is 2.63. The van der Waals surface area contributed by atoms with Crippen molar-refractivity contribution in [2.45, 2.75) is 83.2 Å². The lowest BCUT2D eigenvalue weighted by Crippen LogP contribution is -2.66. The van der Waals surface area contributed by atoms with Gasteiger partial charge >= 0.3 is 0 Å². The third-order valence-electron chi connectivity index (χ3n) is 7.46. The number of hydrogen-bond donors (Lipinski definition) is 2. The van der Waals surface area contributed by atoms with Crippen LogP contribution < -0.4 is 5.32 Å². The van der Waals surface area contributed by atoms with Crippen molar-refractivity contribution in [2.75, 3.05) is 18.9 Å². The second-order valence-electron chi connectivity index (χ2n) is 10.1. The van der Waals surface area contributed by atoms with E-state index in [1.165, 1.54) is 49.8 Å². The molecule has 1 aliphatic heterocycles. The lowest BCUT2D eigenvalue weighted by Gasteiger charge is -2.65. The molecule has 1 saturated heterocycles. The SMILES string of the molecule is CN1CC[C@@]23CCCC[C@]2(C)[C@@H]1Cc1cc(NC(C)(C)C)c(O)cc13. The summed E-state index contributed by atoms with van der Waals surface area (Å²) in [5.74, 6) is 0.424. The average molecular weight is 343 g/mol. The number of piperidine rings is 1. The summed E-state index contributed by atoms with van der Waals surface area (Å²) in [4.78, 5) is 2.61. The molecule has 3 nitrogen and oxygen atoms in total. The zero-order chi connectivity index (χ0) is 18.0. The Kier molecular flexibility index (Phi) is 3.71. The summed E-state index contributed by atoms with van der Waals surface area (Å²) in [6.45, 7) is 10.2. The van der Waals surface area contributed by atoms with Crippen molar-refractivity contribution in [2.24, 2.45) is 5.41 Å². The summed E-state index contributed by atoms with van der Waals surface area (Å²) in [6.07, 6.45) is 7.64. The number of nitrogens with one attached hydrogen (secondary N) is 1. The van der Waals surface area contributed by atoms with Crippen molar-refractivity contribution < 1.29 is 5.11 Å². The number of hydrogen-bond acceptors (Lipinski definition) is 3. The maximum atomic E-state index is 10.8. The highest BCUT2D eigenvalue weighted by molar-refractivity contribution is 5.63. The van der Waals surface area contributed by atoms with E-state index < -0.39 is 0 Å². The van der Waals surface area contributed by atoms with Crippen LogP contribution in [0.25, 0.3) is 0 Å². The first kappa shape index (κ1) is 17.2. The molecule has 25 heavy (non-hydrogen) atoms. The Hall–Kier alpha value is -1.22. The van der Waals surface area contributed by atoms with Gasteiger partial charge in [-0.05, 0) is 88.7 Å². The minimum absolute atomic E-state index is 0.0509. The number of phenolic OH excluding ortho intramolecular Hbond substituents is 1. The smallest absolute Gasteiger partial charge is 0.138 e. The number of nitrogens with zero attached hydrogens (tertiary/aromatic N) is 1. The zero-order valence-corrected chi connectivity index (χ0v) is 16.6. The molecule has 1 aromatic rings. The number of fused-ring (bicyclic) bond motifs is 1. The number of phenols is 1. The molecule has 3 aliphatic rings. The Morgan fingerprint density at radius 1 is 1.16 bits per heavy atom. The molecule has 0 spiro atoms. The molecule has 3 heteroatoms. The molecule has 2 N–H and O–H groups in total. The van der Waals surface area contributed by atoms with Crippen LogP contribution in [0.15, 0.2) is 12.1 Å². The Balaban J connectivity index is 1.86. The fourth-order valence-corrected chi connectivity index (χ4v) is 6.27. The highest BCUT2D eigenvalue weighted by Gasteiger charge is 2.60. The molecule has 0 aromatic heterocycles. The zero-order valence-electron chi connectivity index (χ0n) is 16.6. The molecule has 3 atom stereocenters. The van der Waals surface area contributed by atoms with E-state index in [1.807, 2.05) is 0 Å². The summed E-state index contributed by atoms with van der Waals surface area (Å²) < 4.78 is 0.